The second kappa shape index (κ2) is 6.09. The Morgan fingerprint density at radius 3 is 2.52 bits per heavy atom. The summed E-state index contributed by atoms with van der Waals surface area (Å²) in [4.78, 5) is 15.8. The summed E-state index contributed by atoms with van der Waals surface area (Å²) in [6, 6.07) is 11.7. The number of H-pyrrole nitrogens is 1. The number of benzene rings is 2. The maximum absolute atomic E-state index is 12.5. The van der Waals surface area contributed by atoms with Gasteiger partial charge in [0.2, 0.25) is 5.91 Å². The zero-order valence-corrected chi connectivity index (χ0v) is 14.2. The number of hydrogen-bond acceptors (Lipinski definition) is 1. The zero-order chi connectivity index (χ0) is 16.6. The molecule has 0 spiro atoms. The van der Waals surface area contributed by atoms with Crippen LogP contribution in [-0.4, -0.2) is 10.9 Å². The van der Waals surface area contributed by atoms with Crippen molar-refractivity contribution in [1.29, 1.82) is 0 Å². The van der Waals surface area contributed by atoms with Gasteiger partial charge in [0, 0.05) is 27.3 Å². The fourth-order valence-electron chi connectivity index (χ4n) is 2.94. The van der Waals surface area contributed by atoms with Crippen LogP contribution >= 0.6 is 11.6 Å². The average Bonchev–Trinajstić information content (AvgIpc) is 2.79. The molecule has 0 saturated heterocycles. The molecule has 0 aliphatic carbocycles. The molecule has 0 radical (unpaired) electrons. The lowest BCUT2D eigenvalue weighted by Gasteiger charge is -2.11. The van der Waals surface area contributed by atoms with Crippen molar-refractivity contribution >= 4 is 34.1 Å². The van der Waals surface area contributed by atoms with Crippen LogP contribution in [0.2, 0.25) is 5.02 Å². The van der Waals surface area contributed by atoms with Crippen LogP contribution in [0.25, 0.3) is 10.9 Å². The zero-order valence-electron chi connectivity index (χ0n) is 13.5. The van der Waals surface area contributed by atoms with E-state index in [1.165, 1.54) is 0 Å². The predicted molar refractivity (Wildman–Crippen MR) is 96.3 cm³/mol. The first-order chi connectivity index (χ1) is 11.0. The minimum absolute atomic E-state index is 0.0219. The lowest BCUT2D eigenvalue weighted by atomic mass is 10.1. The van der Waals surface area contributed by atoms with Crippen molar-refractivity contribution in [2.45, 2.75) is 27.2 Å². The summed E-state index contributed by atoms with van der Waals surface area (Å²) in [6.07, 6.45) is 0.319. The number of amides is 1. The standard InChI is InChI=1S/C19H19ClN2O/c1-11-5-4-6-12(2)19(11)22-18(23)10-15-13(3)21-17-8-7-14(20)9-16(15)17/h4-9,21H,10H2,1-3H3,(H,22,23). The molecule has 4 heteroatoms. The molecule has 3 aromatic rings. The van der Waals surface area contributed by atoms with Crippen molar-refractivity contribution < 1.29 is 4.79 Å². The summed E-state index contributed by atoms with van der Waals surface area (Å²) >= 11 is 6.09. The largest absolute Gasteiger partial charge is 0.358 e. The van der Waals surface area contributed by atoms with Gasteiger partial charge in [-0.1, -0.05) is 29.8 Å². The summed E-state index contributed by atoms with van der Waals surface area (Å²) in [7, 11) is 0. The molecule has 0 fully saturated rings. The normalized spacial score (nSPS) is 11.0. The van der Waals surface area contributed by atoms with E-state index in [0.29, 0.717) is 11.4 Å². The van der Waals surface area contributed by atoms with Gasteiger partial charge in [0.05, 0.1) is 6.42 Å². The maximum atomic E-state index is 12.5. The molecule has 1 aromatic heterocycles. The molecule has 2 N–H and O–H groups in total. The van der Waals surface area contributed by atoms with Crippen LogP contribution in [0.3, 0.4) is 0 Å². The lowest BCUT2D eigenvalue weighted by molar-refractivity contribution is -0.115. The third kappa shape index (κ3) is 3.10. The van der Waals surface area contributed by atoms with Gasteiger partial charge in [-0.15, -0.1) is 0 Å². The minimum Gasteiger partial charge on any atom is -0.358 e. The summed E-state index contributed by atoms with van der Waals surface area (Å²) in [5.74, 6) is -0.0219. The van der Waals surface area contributed by atoms with Crippen LogP contribution in [0.5, 0.6) is 0 Å². The van der Waals surface area contributed by atoms with Gasteiger partial charge in [-0.2, -0.15) is 0 Å². The van der Waals surface area contributed by atoms with Gasteiger partial charge in [-0.25, -0.2) is 0 Å². The van der Waals surface area contributed by atoms with Crippen molar-refractivity contribution in [3.8, 4) is 0 Å². The minimum atomic E-state index is -0.0219. The Hall–Kier alpha value is -2.26. The highest BCUT2D eigenvalue weighted by Crippen LogP contribution is 2.26. The number of nitrogens with one attached hydrogen (secondary N) is 2. The van der Waals surface area contributed by atoms with Crippen molar-refractivity contribution in [1.82, 2.24) is 4.98 Å². The van der Waals surface area contributed by atoms with Crippen LogP contribution in [0.15, 0.2) is 36.4 Å². The molecule has 0 unspecified atom stereocenters. The number of carbonyl (C=O) groups excluding carboxylic acids is 1. The topological polar surface area (TPSA) is 44.9 Å². The number of rotatable bonds is 3. The molecule has 23 heavy (non-hydrogen) atoms. The summed E-state index contributed by atoms with van der Waals surface area (Å²) in [5, 5.41) is 4.72. The van der Waals surface area contributed by atoms with E-state index in [4.69, 9.17) is 11.6 Å². The number of para-hydroxylation sites is 1. The molecule has 3 rings (SSSR count). The Morgan fingerprint density at radius 1 is 1.13 bits per heavy atom. The molecule has 0 saturated carbocycles. The first-order valence-electron chi connectivity index (χ1n) is 7.58. The third-order valence-electron chi connectivity index (χ3n) is 4.16. The number of carbonyl (C=O) groups is 1. The van der Waals surface area contributed by atoms with E-state index in [0.717, 1.165) is 39.0 Å². The van der Waals surface area contributed by atoms with Crippen LogP contribution < -0.4 is 5.32 Å². The first kappa shape index (κ1) is 15.6. The number of aromatic nitrogens is 1. The van der Waals surface area contributed by atoms with E-state index in [2.05, 4.69) is 10.3 Å². The molecule has 0 aliphatic rings. The van der Waals surface area contributed by atoms with E-state index in [1.54, 1.807) is 0 Å². The summed E-state index contributed by atoms with van der Waals surface area (Å²) in [5.41, 5.74) is 6.02. The average molecular weight is 327 g/mol. The van der Waals surface area contributed by atoms with Gasteiger partial charge in [-0.05, 0) is 55.7 Å². The Morgan fingerprint density at radius 2 is 1.83 bits per heavy atom. The van der Waals surface area contributed by atoms with E-state index in [-0.39, 0.29) is 5.91 Å². The molecule has 3 nitrogen and oxygen atoms in total. The summed E-state index contributed by atoms with van der Waals surface area (Å²) in [6.45, 7) is 5.98. The Balaban J connectivity index is 1.89. The molecule has 0 aliphatic heterocycles. The molecule has 0 atom stereocenters. The molecule has 118 valence electrons. The maximum Gasteiger partial charge on any atom is 0.228 e. The quantitative estimate of drug-likeness (QED) is 0.704. The van der Waals surface area contributed by atoms with E-state index < -0.39 is 0 Å². The fourth-order valence-corrected chi connectivity index (χ4v) is 3.11. The number of fused-ring (bicyclic) bond motifs is 1. The number of anilines is 1. The highest BCUT2D eigenvalue weighted by molar-refractivity contribution is 6.31. The second-order valence-corrected chi connectivity index (χ2v) is 6.35. The third-order valence-corrected chi connectivity index (χ3v) is 4.40. The van der Waals surface area contributed by atoms with Crippen molar-refractivity contribution in [2.75, 3.05) is 5.32 Å². The van der Waals surface area contributed by atoms with Crippen LogP contribution in [0.4, 0.5) is 5.69 Å². The predicted octanol–water partition coefficient (Wildman–Crippen LogP) is 4.93. The first-order valence-corrected chi connectivity index (χ1v) is 7.96. The second-order valence-electron chi connectivity index (χ2n) is 5.91. The number of aromatic amines is 1. The van der Waals surface area contributed by atoms with Crippen LogP contribution in [0.1, 0.15) is 22.4 Å². The van der Waals surface area contributed by atoms with Gasteiger partial charge < -0.3 is 10.3 Å². The molecule has 1 heterocycles. The van der Waals surface area contributed by atoms with Gasteiger partial charge >= 0.3 is 0 Å². The van der Waals surface area contributed by atoms with Gasteiger partial charge in [-0.3, -0.25) is 4.79 Å². The van der Waals surface area contributed by atoms with E-state index in [1.807, 2.05) is 57.2 Å². The molecule has 1 amide bonds. The Bertz CT molecular complexity index is 876. The van der Waals surface area contributed by atoms with Gasteiger partial charge in [0.1, 0.15) is 0 Å². The van der Waals surface area contributed by atoms with Crippen LogP contribution in [-0.2, 0) is 11.2 Å². The van der Waals surface area contributed by atoms with E-state index in [9.17, 15) is 4.79 Å². The highest BCUT2D eigenvalue weighted by Gasteiger charge is 2.14. The van der Waals surface area contributed by atoms with Gasteiger partial charge in [0.25, 0.3) is 0 Å². The van der Waals surface area contributed by atoms with Crippen molar-refractivity contribution in [2.24, 2.45) is 0 Å². The smallest absolute Gasteiger partial charge is 0.228 e. The Kier molecular flexibility index (Phi) is 4.14. The van der Waals surface area contributed by atoms with Crippen molar-refractivity contribution in [3.63, 3.8) is 0 Å². The molecular formula is C19H19ClN2O. The number of aryl methyl sites for hydroxylation is 3. The van der Waals surface area contributed by atoms with Gasteiger partial charge in [0.15, 0.2) is 0 Å². The summed E-state index contributed by atoms with van der Waals surface area (Å²) < 4.78 is 0. The van der Waals surface area contributed by atoms with Crippen LogP contribution in [0, 0.1) is 20.8 Å². The lowest BCUT2D eigenvalue weighted by Crippen LogP contribution is -2.16. The fraction of sp³-hybridized carbons (Fsp3) is 0.211. The van der Waals surface area contributed by atoms with Crippen molar-refractivity contribution in [3.05, 3.63) is 63.8 Å². The molecule has 2 aromatic carbocycles. The number of hydrogen-bond donors (Lipinski definition) is 2. The highest BCUT2D eigenvalue weighted by atomic mass is 35.5. The molecular weight excluding hydrogens is 308 g/mol. The monoisotopic (exact) mass is 326 g/mol. The number of halogens is 1. The van der Waals surface area contributed by atoms with E-state index >= 15 is 0 Å². The molecule has 0 bridgehead atoms. The Labute approximate surface area is 140 Å². The SMILES string of the molecule is Cc1cccc(C)c1NC(=O)Cc1c(C)[nH]c2ccc(Cl)cc12.